The van der Waals surface area contributed by atoms with Gasteiger partial charge in [-0.15, -0.1) is 0 Å². The lowest BCUT2D eigenvalue weighted by Gasteiger charge is -2.31. The molecule has 4 rings (SSSR count). The van der Waals surface area contributed by atoms with Crippen LogP contribution in [0.4, 0.5) is 5.95 Å². The maximum atomic E-state index is 13.3. The van der Waals surface area contributed by atoms with E-state index in [0.29, 0.717) is 37.5 Å². The molecular formula is C20H29N5O4S. The summed E-state index contributed by atoms with van der Waals surface area (Å²) in [5, 5.41) is 14.4. The van der Waals surface area contributed by atoms with Crippen LogP contribution in [0, 0.1) is 6.85 Å². The first-order chi connectivity index (χ1) is 16.5. The second kappa shape index (κ2) is 7.58. The highest BCUT2D eigenvalue weighted by molar-refractivity contribution is 7.88. The van der Waals surface area contributed by atoms with Crippen molar-refractivity contribution in [2.24, 2.45) is 0 Å². The van der Waals surface area contributed by atoms with Crippen molar-refractivity contribution in [1.29, 1.82) is 0 Å². The number of rotatable bonds is 4. The SMILES string of the molecule is [2H]C([2H])([2H])c1cc2cnc(NC3CCN(S(=O)(=O)C([2H])([2H])[2H])CC3)nc2n(C2CCCC2(C)O)c1=O. The van der Waals surface area contributed by atoms with E-state index >= 15 is 0 Å². The molecule has 2 unspecified atom stereocenters. The number of hydrogen-bond acceptors (Lipinski definition) is 7. The molecular weight excluding hydrogens is 406 g/mol. The van der Waals surface area contributed by atoms with Crippen LogP contribution in [-0.2, 0) is 10.0 Å². The van der Waals surface area contributed by atoms with Gasteiger partial charge in [0.25, 0.3) is 5.56 Å². The van der Waals surface area contributed by atoms with Crippen molar-refractivity contribution in [2.75, 3.05) is 24.6 Å². The van der Waals surface area contributed by atoms with Gasteiger partial charge in [-0.05, 0) is 51.9 Å². The van der Waals surface area contributed by atoms with Crippen LogP contribution >= 0.6 is 0 Å². The van der Waals surface area contributed by atoms with E-state index in [1.807, 2.05) is 0 Å². The molecule has 0 bridgehead atoms. The summed E-state index contributed by atoms with van der Waals surface area (Å²) >= 11 is 0. The molecule has 1 aliphatic carbocycles. The Morgan fingerprint density at radius 1 is 1.33 bits per heavy atom. The van der Waals surface area contributed by atoms with Gasteiger partial charge >= 0.3 is 0 Å². The molecule has 2 N–H and O–H groups in total. The Morgan fingerprint density at radius 3 is 2.73 bits per heavy atom. The smallest absolute Gasteiger partial charge is 0.255 e. The van der Waals surface area contributed by atoms with E-state index in [0.717, 1.165) is 4.31 Å². The first-order valence-corrected chi connectivity index (χ1v) is 11.4. The fourth-order valence-electron chi connectivity index (χ4n) is 4.44. The van der Waals surface area contributed by atoms with Gasteiger partial charge in [-0.2, -0.15) is 4.98 Å². The molecule has 164 valence electrons. The van der Waals surface area contributed by atoms with Gasteiger partial charge in [0.2, 0.25) is 16.0 Å². The molecule has 2 fully saturated rings. The summed E-state index contributed by atoms with van der Waals surface area (Å²) < 4.78 is 71.7. The lowest BCUT2D eigenvalue weighted by molar-refractivity contribution is 0.0266. The van der Waals surface area contributed by atoms with Gasteiger partial charge in [0.05, 0.1) is 17.8 Å². The molecule has 30 heavy (non-hydrogen) atoms. The molecule has 2 atom stereocenters. The molecule has 10 heteroatoms. The highest BCUT2D eigenvalue weighted by Crippen LogP contribution is 2.39. The summed E-state index contributed by atoms with van der Waals surface area (Å²) in [5.41, 5.74) is -2.13. The van der Waals surface area contributed by atoms with Crippen molar-refractivity contribution in [2.45, 2.75) is 63.6 Å². The Bertz CT molecular complexity index is 1320. The molecule has 9 nitrogen and oxygen atoms in total. The molecule has 3 heterocycles. The van der Waals surface area contributed by atoms with Crippen molar-refractivity contribution in [1.82, 2.24) is 18.8 Å². The van der Waals surface area contributed by atoms with Crippen molar-refractivity contribution in [3.63, 3.8) is 0 Å². The van der Waals surface area contributed by atoms with Crippen LogP contribution < -0.4 is 10.9 Å². The Morgan fingerprint density at radius 2 is 2.10 bits per heavy atom. The van der Waals surface area contributed by atoms with Gasteiger partial charge in [0, 0.05) is 44.5 Å². The molecule has 0 radical (unpaired) electrons. The van der Waals surface area contributed by atoms with E-state index in [1.54, 1.807) is 6.92 Å². The second-order valence-corrected chi connectivity index (χ2v) is 9.76. The maximum Gasteiger partial charge on any atom is 0.255 e. The first kappa shape index (κ1) is 14.9. The molecule has 1 aliphatic heterocycles. The van der Waals surface area contributed by atoms with Crippen LogP contribution in [0.25, 0.3) is 11.0 Å². The zero-order valence-electron chi connectivity index (χ0n) is 22.6. The summed E-state index contributed by atoms with van der Waals surface area (Å²) in [5.74, 6) is 0.159. The van der Waals surface area contributed by atoms with Gasteiger partial charge in [-0.1, -0.05) is 0 Å². The number of aliphatic hydroxyl groups is 1. The first-order valence-electron chi connectivity index (χ1n) is 12.9. The quantitative estimate of drug-likeness (QED) is 0.737. The third kappa shape index (κ3) is 3.95. The van der Waals surface area contributed by atoms with E-state index < -0.39 is 40.3 Å². The minimum absolute atomic E-state index is 0.0174. The van der Waals surface area contributed by atoms with E-state index in [1.165, 1.54) is 16.8 Å². The predicted octanol–water partition coefficient (Wildman–Crippen LogP) is 1.41. The normalized spacial score (nSPS) is 30.1. The van der Waals surface area contributed by atoms with Crippen LogP contribution in [0.3, 0.4) is 0 Å². The third-order valence-corrected chi connectivity index (χ3v) is 7.14. The van der Waals surface area contributed by atoms with Gasteiger partial charge in [0.1, 0.15) is 5.65 Å². The van der Waals surface area contributed by atoms with Gasteiger partial charge in [0.15, 0.2) is 0 Å². The molecule has 1 saturated heterocycles. The summed E-state index contributed by atoms with van der Waals surface area (Å²) in [4.78, 5) is 22.1. The number of piperidine rings is 1. The fourth-order valence-corrected chi connectivity index (χ4v) is 5.13. The lowest BCUT2D eigenvalue weighted by Crippen LogP contribution is -2.42. The van der Waals surface area contributed by atoms with E-state index in [9.17, 15) is 18.3 Å². The molecule has 2 aromatic rings. The van der Waals surface area contributed by atoms with E-state index in [2.05, 4.69) is 15.3 Å². The maximum absolute atomic E-state index is 13.3. The lowest BCUT2D eigenvalue weighted by atomic mass is 9.99. The average molecular weight is 442 g/mol. The summed E-state index contributed by atoms with van der Waals surface area (Å²) in [6, 6.07) is 0.347. The van der Waals surface area contributed by atoms with Crippen LogP contribution in [-0.4, -0.2) is 63.3 Å². The van der Waals surface area contributed by atoms with Gasteiger partial charge < -0.3 is 10.4 Å². The van der Waals surface area contributed by atoms with E-state index in [-0.39, 0.29) is 36.3 Å². The molecule has 0 spiro atoms. The topological polar surface area (TPSA) is 117 Å². The zero-order valence-corrected chi connectivity index (χ0v) is 17.4. The number of sulfonamides is 1. The number of fused-ring (bicyclic) bond motifs is 1. The molecule has 0 aromatic carbocycles. The minimum atomic E-state index is -4.41. The van der Waals surface area contributed by atoms with Crippen LogP contribution in [0.2, 0.25) is 0 Å². The fraction of sp³-hybridized carbons (Fsp3) is 0.650. The number of nitrogens with one attached hydrogen (secondary N) is 1. The number of hydrogen-bond donors (Lipinski definition) is 2. The minimum Gasteiger partial charge on any atom is -0.388 e. The number of aromatic nitrogens is 3. The van der Waals surface area contributed by atoms with Crippen LogP contribution in [0.15, 0.2) is 17.1 Å². The van der Waals surface area contributed by atoms with Crippen molar-refractivity contribution in [3.05, 3.63) is 28.2 Å². The molecule has 0 amide bonds. The highest BCUT2D eigenvalue weighted by atomic mass is 32.2. The van der Waals surface area contributed by atoms with Gasteiger partial charge in [-0.3, -0.25) is 9.36 Å². The summed E-state index contributed by atoms with van der Waals surface area (Å²) in [7, 11) is -4.41. The predicted molar refractivity (Wildman–Crippen MR) is 115 cm³/mol. The van der Waals surface area contributed by atoms with Gasteiger partial charge in [-0.25, -0.2) is 17.7 Å². The second-order valence-electron chi connectivity index (χ2n) is 8.29. The summed E-state index contributed by atoms with van der Waals surface area (Å²) in [6.45, 7) is -1.00. The number of aryl methyl sites for hydroxylation is 1. The highest BCUT2D eigenvalue weighted by Gasteiger charge is 2.39. The Hall–Kier alpha value is -2.04. The number of nitrogens with zero attached hydrogens (tertiary/aromatic N) is 4. The zero-order chi connectivity index (χ0) is 26.7. The van der Waals surface area contributed by atoms with Crippen molar-refractivity contribution < 1.29 is 21.7 Å². The Labute approximate surface area is 184 Å². The number of pyridine rings is 1. The van der Waals surface area contributed by atoms with E-state index in [4.69, 9.17) is 8.22 Å². The Balaban J connectivity index is 1.66. The monoisotopic (exact) mass is 441 g/mol. The number of anilines is 1. The summed E-state index contributed by atoms with van der Waals surface area (Å²) in [6.07, 6.45) is 0.531. The average Bonchev–Trinajstić information content (AvgIpc) is 3.10. The third-order valence-electron chi connectivity index (χ3n) is 6.09. The largest absolute Gasteiger partial charge is 0.388 e. The van der Waals surface area contributed by atoms with Crippen LogP contribution in [0.1, 0.15) is 58.9 Å². The van der Waals surface area contributed by atoms with Crippen molar-refractivity contribution in [3.8, 4) is 0 Å². The Kier molecular flexibility index (Phi) is 3.76. The van der Waals surface area contributed by atoms with Crippen LogP contribution in [0.5, 0.6) is 0 Å². The molecule has 2 aromatic heterocycles. The standard InChI is InChI=1S/C20H29N5O4S/c1-13-11-14-12-21-19(22-15-6-9-24(10-7-15)30(3,28)29)23-17(14)25(18(13)26)16-5-4-8-20(16,2)27/h11-12,15-16,27H,4-10H2,1-3H3,(H,21,22,23)/i1D3,3D3. The molecule has 1 saturated carbocycles. The van der Waals surface area contributed by atoms with Crippen molar-refractivity contribution >= 4 is 27.0 Å². The molecule has 2 aliphatic rings.